The van der Waals surface area contributed by atoms with Crippen LogP contribution in [0.3, 0.4) is 0 Å². The second kappa shape index (κ2) is 2.98. The molecule has 64 valence electrons. The summed E-state index contributed by atoms with van der Waals surface area (Å²) in [6.45, 7) is 0. The van der Waals surface area contributed by atoms with E-state index in [0.29, 0.717) is 5.13 Å². The van der Waals surface area contributed by atoms with Crippen molar-refractivity contribution in [2.75, 3.05) is 17.6 Å². The molecule has 0 aliphatic heterocycles. The van der Waals surface area contributed by atoms with Gasteiger partial charge in [-0.25, -0.2) is 9.29 Å². The fourth-order valence-electron chi connectivity index (χ4n) is 0.519. The van der Waals surface area contributed by atoms with Crippen LogP contribution in [0.4, 0.5) is 5.13 Å². The molecule has 0 saturated carbocycles. The minimum absolute atomic E-state index is 0.618. The first-order chi connectivity index (χ1) is 5.02. The Morgan fingerprint density at radius 1 is 1.64 bits per heavy atom. The van der Waals surface area contributed by atoms with E-state index in [1.165, 1.54) is 21.9 Å². The quantitative estimate of drug-likeness (QED) is 0.754. The highest BCUT2D eigenvalue weighted by Gasteiger charge is 2.14. The molecule has 2 N–H and O–H groups in total. The third kappa shape index (κ3) is 2.06. The maximum absolute atomic E-state index is 9.19. The molecule has 0 saturated heterocycles. The second-order valence-electron chi connectivity index (χ2n) is 2.10. The molecule has 1 heterocycles. The topological polar surface area (TPSA) is 56.6 Å². The summed E-state index contributed by atoms with van der Waals surface area (Å²) < 4.78 is 19.8. The zero-order valence-electron chi connectivity index (χ0n) is 6.26. The average Bonchev–Trinajstić information content (AvgIpc) is 2.34. The molecule has 0 radical (unpaired) electrons. The summed E-state index contributed by atoms with van der Waals surface area (Å²) in [5, 5.41) is 2.41. The van der Waals surface area contributed by atoms with Gasteiger partial charge in [0.05, 0.1) is 0 Å². The Hall–Kier alpha value is -0.300. The molecule has 0 atom stereocenters. The Kier molecular flexibility index (Phi) is 2.38. The van der Waals surface area contributed by atoms with Crippen LogP contribution in [0, 0.1) is 0 Å². The van der Waals surface area contributed by atoms with E-state index in [4.69, 9.17) is 0 Å². The van der Waals surface area contributed by atoms with Crippen LogP contribution in [0.25, 0.3) is 0 Å². The van der Waals surface area contributed by atoms with Gasteiger partial charge in [-0.15, -0.1) is 22.1 Å². The minimum atomic E-state index is -2.64. The lowest BCUT2D eigenvalue weighted by Crippen LogP contribution is -2.20. The molecule has 0 aliphatic carbocycles. The highest BCUT2D eigenvalue weighted by atomic mass is 32.3. The molecule has 0 aromatic carbocycles. The first kappa shape index (κ1) is 8.79. The van der Waals surface area contributed by atoms with Gasteiger partial charge in [-0.3, -0.25) is 9.11 Å². The summed E-state index contributed by atoms with van der Waals surface area (Å²) in [7, 11) is -1.04. The van der Waals surface area contributed by atoms with Crippen LogP contribution >= 0.6 is 22.1 Å². The zero-order valence-corrected chi connectivity index (χ0v) is 7.89. The van der Waals surface area contributed by atoms with Gasteiger partial charge in [0.15, 0.2) is 0 Å². The number of hydrogen-bond donors (Lipinski definition) is 2. The molecule has 0 aliphatic rings. The molecule has 1 aromatic heterocycles. The number of thiazole rings is 1. The van der Waals surface area contributed by atoms with Crippen molar-refractivity contribution in [2.45, 2.75) is 0 Å². The largest absolute Gasteiger partial charge is 0.282 e. The van der Waals surface area contributed by atoms with Gasteiger partial charge in [-0.05, 0) is 0 Å². The van der Waals surface area contributed by atoms with E-state index < -0.39 is 10.8 Å². The van der Waals surface area contributed by atoms with Gasteiger partial charge in [0, 0.05) is 24.9 Å². The zero-order chi connectivity index (χ0) is 8.48. The number of aromatic nitrogens is 1. The monoisotopic (exact) mass is 194 g/mol. The maximum Gasteiger partial charge on any atom is 0.203 e. The minimum Gasteiger partial charge on any atom is -0.282 e. The summed E-state index contributed by atoms with van der Waals surface area (Å²) in [4.78, 5) is 3.93. The van der Waals surface area contributed by atoms with Crippen LogP contribution < -0.4 is 4.31 Å². The van der Waals surface area contributed by atoms with E-state index in [9.17, 15) is 9.11 Å². The summed E-state index contributed by atoms with van der Waals surface area (Å²) in [5.41, 5.74) is 0. The predicted molar refractivity (Wildman–Crippen MR) is 49.3 cm³/mol. The Bertz CT molecular complexity index is 219. The van der Waals surface area contributed by atoms with Gasteiger partial charge < -0.3 is 0 Å². The smallest absolute Gasteiger partial charge is 0.203 e. The molecular formula is C5H10N2O2S2. The highest BCUT2D eigenvalue weighted by Crippen LogP contribution is 2.41. The van der Waals surface area contributed by atoms with E-state index in [-0.39, 0.29) is 0 Å². The number of hydrogen-bond acceptors (Lipinski definition) is 5. The molecular weight excluding hydrogens is 184 g/mol. The van der Waals surface area contributed by atoms with Gasteiger partial charge in [0.1, 0.15) is 0 Å². The van der Waals surface area contributed by atoms with E-state index in [1.807, 2.05) is 0 Å². The van der Waals surface area contributed by atoms with Gasteiger partial charge in [0.25, 0.3) is 0 Å². The first-order valence-corrected chi connectivity index (χ1v) is 5.67. The molecule has 1 aromatic rings. The molecule has 0 unspecified atom stereocenters. The predicted octanol–water partition coefficient (Wildman–Crippen LogP) is 1.87. The average molecular weight is 194 g/mol. The Balaban J connectivity index is 2.78. The van der Waals surface area contributed by atoms with E-state index >= 15 is 0 Å². The van der Waals surface area contributed by atoms with E-state index in [2.05, 4.69) is 4.98 Å². The van der Waals surface area contributed by atoms with Gasteiger partial charge in [0.2, 0.25) is 5.13 Å². The fraction of sp³-hybridized carbons (Fsp3) is 0.400. The van der Waals surface area contributed by atoms with Crippen LogP contribution in [0.15, 0.2) is 11.6 Å². The fourth-order valence-corrected chi connectivity index (χ4v) is 1.93. The van der Waals surface area contributed by atoms with E-state index in [1.54, 1.807) is 18.6 Å². The number of anilines is 1. The number of nitrogens with zero attached hydrogens (tertiary/aromatic N) is 2. The summed E-state index contributed by atoms with van der Waals surface area (Å²) in [5.74, 6) is 0. The number of rotatable bonds is 2. The van der Waals surface area contributed by atoms with Crippen LogP contribution in [0.5, 0.6) is 0 Å². The molecule has 0 spiro atoms. The maximum atomic E-state index is 9.19. The molecule has 0 bridgehead atoms. The lowest BCUT2D eigenvalue weighted by atomic mass is 11.0. The van der Waals surface area contributed by atoms with Crippen molar-refractivity contribution in [3.05, 3.63) is 11.6 Å². The van der Waals surface area contributed by atoms with Crippen molar-refractivity contribution in [2.24, 2.45) is 0 Å². The van der Waals surface area contributed by atoms with Crippen LogP contribution in [-0.2, 0) is 0 Å². The normalized spacial score (nSPS) is 13.1. The van der Waals surface area contributed by atoms with Crippen molar-refractivity contribution < 1.29 is 9.11 Å². The second-order valence-corrected chi connectivity index (χ2v) is 5.11. The summed E-state index contributed by atoms with van der Waals surface area (Å²) in [6, 6.07) is 0. The third-order valence-electron chi connectivity index (χ3n) is 1.21. The van der Waals surface area contributed by atoms with Gasteiger partial charge in [-0.1, -0.05) is 0 Å². The summed E-state index contributed by atoms with van der Waals surface area (Å²) >= 11 is 1.37. The SMILES string of the molecule is CN(c1nccs1)S(C)(O)O. The molecule has 0 amide bonds. The highest BCUT2D eigenvalue weighted by molar-refractivity contribution is 8.24. The van der Waals surface area contributed by atoms with Crippen LogP contribution in [-0.4, -0.2) is 27.4 Å². The van der Waals surface area contributed by atoms with Crippen molar-refractivity contribution >= 4 is 27.2 Å². The molecule has 6 heteroatoms. The van der Waals surface area contributed by atoms with Crippen LogP contribution in [0.1, 0.15) is 0 Å². The Morgan fingerprint density at radius 3 is 2.64 bits per heavy atom. The summed E-state index contributed by atoms with van der Waals surface area (Å²) in [6.07, 6.45) is 3.00. The molecule has 4 nitrogen and oxygen atoms in total. The molecule has 1 rings (SSSR count). The van der Waals surface area contributed by atoms with Gasteiger partial charge >= 0.3 is 0 Å². The van der Waals surface area contributed by atoms with Crippen molar-refractivity contribution in [3.63, 3.8) is 0 Å². The third-order valence-corrected chi connectivity index (χ3v) is 3.38. The van der Waals surface area contributed by atoms with Crippen LogP contribution in [0.2, 0.25) is 0 Å². The van der Waals surface area contributed by atoms with Crippen molar-refractivity contribution in [3.8, 4) is 0 Å². The van der Waals surface area contributed by atoms with Crippen molar-refractivity contribution in [1.29, 1.82) is 0 Å². The van der Waals surface area contributed by atoms with Gasteiger partial charge in [-0.2, -0.15) is 0 Å². The molecule has 0 fully saturated rings. The standard InChI is InChI=1S/C5H10N2O2S2/c1-7(11(2,8)9)5-6-3-4-10-5/h3-4,8-9H,1-2H3. The lowest BCUT2D eigenvalue weighted by molar-refractivity contribution is 0.493. The first-order valence-electron chi connectivity index (χ1n) is 2.88. The molecule has 11 heavy (non-hydrogen) atoms. The van der Waals surface area contributed by atoms with E-state index in [0.717, 1.165) is 0 Å². The van der Waals surface area contributed by atoms with Crippen molar-refractivity contribution in [1.82, 2.24) is 4.98 Å². The Morgan fingerprint density at radius 2 is 2.27 bits per heavy atom. The lowest BCUT2D eigenvalue weighted by Gasteiger charge is -2.36. The Labute approximate surface area is 71.0 Å².